The van der Waals surface area contributed by atoms with Crippen LogP contribution in [0.3, 0.4) is 0 Å². The second-order valence-corrected chi connectivity index (χ2v) is 8.39. The van der Waals surface area contributed by atoms with Crippen molar-refractivity contribution in [3.8, 4) is 0 Å². The molecule has 1 aliphatic rings. The van der Waals surface area contributed by atoms with E-state index in [0.717, 1.165) is 0 Å². The predicted octanol–water partition coefficient (Wildman–Crippen LogP) is 0.397. The lowest BCUT2D eigenvalue weighted by molar-refractivity contribution is 0.0666. The summed E-state index contributed by atoms with van der Waals surface area (Å²) in [6, 6.07) is 8.25. The number of rotatable bonds is 4. The lowest BCUT2D eigenvalue weighted by atomic mass is 10.3. The van der Waals surface area contributed by atoms with Crippen molar-refractivity contribution in [2.45, 2.75) is 9.79 Å². The van der Waals surface area contributed by atoms with Gasteiger partial charge in [0.25, 0.3) is 5.91 Å². The molecule has 0 radical (unpaired) electrons. The smallest absolute Gasteiger partial charge is 0.289 e. The highest BCUT2D eigenvalue weighted by Gasteiger charge is 2.31. The van der Waals surface area contributed by atoms with E-state index in [0.29, 0.717) is 0 Å². The molecule has 1 saturated heterocycles. The quantitative estimate of drug-likeness (QED) is 0.765. The van der Waals surface area contributed by atoms with Gasteiger partial charge < -0.3 is 9.32 Å². The number of hydrogen-bond donors (Lipinski definition) is 1. The predicted molar refractivity (Wildman–Crippen MR) is 88.4 cm³/mol. The van der Waals surface area contributed by atoms with E-state index >= 15 is 0 Å². The van der Waals surface area contributed by atoms with Crippen LogP contribution in [-0.2, 0) is 20.7 Å². The lowest BCUT2D eigenvalue weighted by Crippen LogP contribution is -2.50. The fourth-order valence-corrected chi connectivity index (χ4v) is 4.39. The first-order valence-electron chi connectivity index (χ1n) is 7.47. The molecule has 10 heteroatoms. The number of carbonyl (C=O) groups excluding carboxylic acids is 1. The van der Waals surface area contributed by atoms with Gasteiger partial charge in [-0.15, -0.1) is 0 Å². The van der Waals surface area contributed by atoms with Crippen molar-refractivity contribution in [3.05, 3.63) is 48.4 Å². The third kappa shape index (κ3) is 3.60. The molecule has 0 saturated carbocycles. The van der Waals surface area contributed by atoms with Crippen molar-refractivity contribution < 1.29 is 26.0 Å². The van der Waals surface area contributed by atoms with Gasteiger partial charge in [-0.2, -0.15) is 4.31 Å². The lowest BCUT2D eigenvalue weighted by Gasteiger charge is -2.33. The summed E-state index contributed by atoms with van der Waals surface area (Å²) >= 11 is 0. The molecule has 1 aliphatic heterocycles. The summed E-state index contributed by atoms with van der Waals surface area (Å²) in [6.07, 6.45) is 1.41. The molecule has 0 spiro atoms. The molecule has 0 aliphatic carbocycles. The van der Waals surface area contributed by atoms with Crippen LogP contribution in [0.15, 0.2) is 56.9 Å². The van der Waals surface area contributed by atoms with Crippen molar-refractivity contribution in [2.24, 2.45) is 0 Å². The molecule has 3 rings (SSSR count). The summed E-state index contributed by atoms with van der Waals surface area (Å²) in [7, 11) is -6.48. The number of hydrogen-bond acceptors (Lipinski definition) is 6. The van der Waals surface area contributed by atoms with Crippen LogP contribution in [0.4, 0.5) is 0 Å². The van der Waals surface area contributed by atoms with Crippen molar-refractivity contribution in [1.29, 1.82) is 0 Å². The molecule has 1 fully saturated rings. The summed E-state index contributed by atoms with van der Waals surface area (Å²) in [5.41, 5.74) is 0. The first kappa shape index (κ1) is 17.6. The number of benzene rings is 1. The fraction of sp³-hybridized carbons (Fsp3) is 0.267. The average molecular weight is 384 g/mol. The van der Waals surface area contributed by atoms with Gasteiger partial charge in [-0.1, -0.05) is 0 Å². The van der Waals surface area contributed by atoms with Gasteiger partial charge in [0.2, 0.25) is 10.0 Å². The Hall–Kier alpha value is -2.17. The molecule has 1 aromatic heterocycles. The van der Waals surface area contributed by atoms with E-state index in [1.807, 2.05) is 0 Å². The van der Waals surface area contributed by atoms with Crippen molar-refractivity contribution >= 4 is 26.6 Å². The van der Waals surface area contributed by atoms with Crippen LogP contribution in [0.25, 0.3) is 0 Å². The number of thiol groups is 1. The van der Waals surface area contributed by atoms with E-state index in [1.54, 1.807) is 12.1 Å². The minimum absolute atomic E-state index is 0.0268. The largest absolute Gasteiger partial charge is 0.459 e. The highest BCUT2D eigenvalue weighted by atomic mass is 32.2. The van der Waals surface area contributed by atoms with E-state index < -0.39 is 20.7 Å². The van der Waals surface area contributed by atoms with Crippen LogP contribution >= 0.6 is 0 Å². The molecule has 0 N–H and O–H groups in total. The zero-order valence-electron chi connectivity index (χ0n) is 13.1. The molecule has 2 aromatic rings. The van der Waals surface area contributed by atoms with Gasteiger partial charge in [-0.05, 0) is 36.4 Å². The third-order valence-corrected chi connectivity index (χ3v) is 6.58. The number of nitrogens with zero attached hydrogens (tertiary/aromatic N) is 2. The minimum atomic E-state index is -3.73. The van der Waals surface area contributed by atoms with E-state index in [2.05, 4.69) is 0 Å². The maximum absolute atomic E-state index is 12.6. The molecule has 1 amide bonds. The molecular formula is C15H16N2O6S2. The Balaban J connectivity index is 1.70. The summed E-state index contributed by atoms with van der Waals surface area (Å²) in [5, 5.41) is 0. The monoisotopic (exact) mass is 384 g/mol. The standard InChI is InChI=1S/C15H16N2O6S2/c18-15(14-2-1-11-23-14)16-7-9-17(10-8-16)25(21,22)13-5-3-12(4-6-13)24(19)20/h1-6,11,24H,7-10H2. The normalized spacial score (nSPS) is 16.3. The molecular weight excluding hydrogens is 368 g/mol. The molecule has 0 unspecified atom stereocenters. The van der Waals surface area contributed by atoms with Gasteiger partial charge in [0, 0.05) is 26.2 Å². The Kier molecular flexibility index (Phi) is 4.93. The highest BCUT2D eigenvalue weighted by molar-refractivity contribution is 7.89. The second-order valence-electron chi connectivity index (χ2n) is 5.42. The van der Waals surface area contributed by atoms with E-state index in [4.69, 9.17) is 4.42 Å². The number of piperazine rings is 1. The SMILES string of the molecule is O=C(c1ccco1)N1CCN(S(=O)(=O)c2ccc([SH](=O)=O)cc2)CC1. The molecule has 1 aromatic carbocycles. The Morgan fingerprint density at radius 1 is 1.00 bits per heavy atom. The summed E-state index contributed by atoms with van der Waals surface area (Å²) in [5.74, 6) is -0.0516. The number of amides is 1. The zero-order chi connectivity index (χ0) is 18.0. The molecule has 2 heterocycles. The van der Waals surface area contributed by atoms with Gasteiger partial charge in [0.1, 0.15) is 0 Å². The van der Waals surface area contributed by atoms with Crippen LogP contribution in [0.5, 0.6) is 0 Å². The molecule has 0 bridgehead atoms. The number of furan rings is 1. The van der Waals surface area contributed by atoms with Gasteiger partial charge >= 0.3 is 0 Å². The Morgan fingerprint density at radius 3 is 2.16 bits per heavy atom. The van der Waals surface area contributed by atoms with E-state index in [9.17, 15) is 21.6 Å². The maximum atomic E-state index is 12.6. The first-order chi connectivity index (χ1) is 11.9. The Bertz CT molecular complexity index is 917. The van der Waals surface area contributed by atoms with Gasteiger partial charge in [-0.25, -0.2) is 16.8 Å². The topological polar surface area (TPSA) is 105 Å². The second kappa shape index (κ2) is 6.98. The van der Waals surface area contributed by atoms with Crippen molar-refractivity contribution in [2.75, 3.05) is 26.2 Å². The summed E-state index contributed by atoms with van der Waals surface area (Å²) < 4.78 is 53.4. The van der Waals surface area contributed by atoms with Gasteiger partial charge in [-0.3, -0.25) is 4.79 Å². The van der Waals surface area contributed by atoms with Crippen LogP contribution in [-0.4, -0.2) is 58.1 Å². The van der Waals surface area contributed by atoms with Gasteiger partial charge in [0.15, 0.2) is 16.5 Å². The van der Waals surface area contributed by atoms with Gasteiger partial charge in [0.05, 0.1) is 16.1 Å². The van der Waals surface area contributed by atoms with Crippen LogP contribution in [0.2, 0.25) is 0 Å². The maximum Gasteiger partial charge on any atom is 0.289 e. The molecule has 8 nitrogen and oxygen atoms in total. The Morgan fingerprint density at radius 2 is 1.64 bits per heavy atom. The van der Waals surface area contributed by atoms with Crippen LogP contribution in [0, 0.1) is 0 Å². The first-order valence-corrected chi connectivity index (χ1v) is 10.1. The van der Waals surface area contributed by atoms with E-state index in [-0.39, 0.29) is 47.6 Å². The summed E-state index contributed by atoms with van der Waals surface area (Å²) in [4.78, 5) is 13.8. The molecule has 25 heavy (non-hydrogen) atoms. The average Bonchev–Trinajstić information content (AvgIpc) is 3.16. The number of sulfonamides is 1. The fourth-order valence-electron chi connectivity index (χ4n) is 2.58. The van der Waals surface area contributed by atoms with E-state index in [1.165, 1.54) is 39.7 Å². The zero-order valence-corrected chi connectivity index (χ0v) is 14.8. The van der Waals surface area contributed by atoms with Crippen LogP contribution < -0.4 is 0 Å². The summed E-state index contributed by atoms with van der Waals surface area (Å²) in [6.45, 7) is 0.825. The van der Waals surface area contributed by atoms with Crippen LogP contribution in [0.1, 0.15) is 10.6 Å². The Labute approximate surface area is 146 Å². The number of carbonyl (C=O) groups is 1. The highest BCUT2D eigenvalue weighted by Crippen LogP contribution is 2.19. The third-order valence-electron chi connectivity index (χ3n) is 3.94. The van der Waals surface area contributed by atoms with Crippen molar-refractivity contribution in [1.82, 2.24) is 9.21 Å². The minimum Gasteiger partial charge on any atom is -0.459 e. The van der Waals surface area contributed by atoms with Crippen molar-refractivity contribution in [3.63, 3.8) is 0 Å². The molecule has 0 atom stereocenters. The molecule has 134 valence electrons.